The number of carboxylic acids is 1. The molecule has 1 saturated heterocycles. The molecular weight excluding hydrogens is 270 g/mol. The van der Waals surface area contributed by atoms with E-state index in [1.54, 1.807) is 31.2 Å². The monoisotopic (exact) mass is 287 g/mol. The zero-order valence-electron chi connectivity index (χ0n) is 11.8. The molecule has 6 nitrogen and oxygen atoms in total. The van der Waals surface area contributed by atoms with Crippen molar-refractivity contribution in [3.05, 3.63) is 29.8 Å². The Hall–Kier alpha value is -2.55. The average molecular weight is 287 g/mol. The van der Waals surface area contributed by atoms with Gasteiger partial charge in [0.05, 0.1) is 17.0 Å². The minimum atomic E-state index is -0.889. The average Bonchev–Trinajstić information content (AvgIpc) is 2.48. The van der Waals surface area contributed by atoms with Crippen LogP contribution in [0.3, 0.4) is 0 Å². The van der Waals surface area contributed by atoms with Crippen molar-refractivity contribution < 1.29 is 14.7 Å². The van der Waals surface area contributed by atoms with Gasteiger partial charge in [0.2, 0.25) is 0 Å². The first-order valence-electron chi connectivity index (χ1n) is 6.74. The third-order valence-electron chi connectivity index (χ3n) is 3.77. The second kappa shape index (κ2) is 5.83. The number of urea groups is 1. The number of likely N-dealkylation sites (tertiary alicyclic amines) is 1. The van der Waals surface area contributed by atoms with Crippen LogP contribution >= 0.6 is 0 Å². The molecule has 110 valence electrons. The number of rotatable bonds is 2. The summed E-state index contributed by atoms with van der Waals surface area (Å²) in [6, 6.07) is 8.23. The highest BCUT2D eigenvalue weighted by molar-refractivity contribution is 5.90. The lowest BCUT2D eigenvalue weighted by Crippen LogP contribution is -2.49. The molecule has 2 N–H and O–H groups in total. The Morgan fingerprint density at radius 2 is 2.05 bits per heavy atom. The SMILES string of the molecule is CC1(C(=O)O)CCCN(C(=O)Nc2ccc(C#N)cc2)C1. The van der Waals surface area contributed by atoms with E-state index in [0.29, 0.717) is 30.6 Å². The fourth-order valence-corrected chi connectivity index (χ4v) is 2.42. The predicted molar refractivity (Wildman–Crippen MR) is 76.7 cm³/mol. The fraction of sp³-hybridized carbons (Fsp3) is 0.400. The summed E-state index contributed by atoms with van der Waals surface area (Å²) in [4.78, 5) is 25.0. The van der Waals surface area contributed by atoms with Gasteiger partial charge in [-0.05, 0) is 44.0 Å². The molecule has 1 aliphatic rings. The summed E-state index contributed by atoms with van der Waals surface area (Å²) in [6.07, 6.45) is 1.24. The Balaban J connectivity index is 2.02. The molecule has 1 fully saturated rings. The number of hydrogen-bond acceptors (Lipinski definition) is 3. The number of amides is 2. The van der Waals surface area contributed by atoms with Crippen LogP contribution in [0.5, 0.6) is 0 Å². The minimum absolute atomic E-state index is 0.199. The molecule has 0 bridgehead atoms. The zero-order valence-corrected chi connectivity index (χ0v) is 11.8. The molecule has 6 heteroatoms. The maximum absolute atomic E-state index is 12.2. The van der Waals surface area contributed by atoms with Gasteiger partial charge in [0.25, 0.3) is 0 Å². The Bertz CT molecular complexity index is 591. The molecule has 2 amide bonds. The zero-order chi connectivity index (χ0) is 15.5. The number of benzene rings is 1. The van der Waals surface area contributed by atoms with E-state index >= 15 is 0 Å². The molecular formula is C15H17N3O3. The molecule has 0 aromatic heterocycles. The largest absolute Gasteiger partial charge is 0.481 e. The first kappa shape index (κ1) is 14.9. The van der Waals surface area contributed by atoms with E-state index in [0.717, 1.165) is 0 Å². The van der Waals surface area contributed by atoms with E-state index in [-0.39, 0.29) is 12.6 Å². The van der Waals surface area contributed by atoms with Crippen LogP contribution < -0.4 is 5.32 Å². The molecule has 1 unspecified atom stereocenters. The predicted octanol–water partition coefficient (Wildman–Crippen LogP) is 2.28. The summed E-state index contributed by atoms with van der Waals surface area (Å²) < 4.78 is 0. The molecule has 1 heterocycles. The highest BCUT2D eigenvalue weighted by Crippen LogP contribution is 2.30. The minimum Gasteiger partial charge on any atom is -0.481 e. The van der Waals surface area contributed by atoms with Crippen molar-refractivity contribution in [2.75, 3.05) is 18.4 Å². The number of nitriles is 1. The number of carbonyl (C=O) groups is 2. The molecule has 1 atom stereocenters. The standard InChI is InChI=1S/C15H17N3O3/c1-15(13(19)20)7-2-8-18(10-15)14(21)17-12-5-3-11(9-16)4-6-12/h3-6H,2,7-8,10H2,1H3,(H,17,21)(H,19,20). The lowest BCUT2D eigenvalue weighted by molar-refractivity contribution is -0.150. The molecule has 0 spiro atoms. The van der Waals surface area contributed by atoms with Crippen LogP contribution in [0.2, 0.25) is 0 Å². The van der Waals surface area contributed by atoms with Gasteiger partial charge in [-0.1, -0.05) is 0 Å². The summed E-state index contributed by atoms with van der Waals surface area (Å²) in [5.41, 5.74) is 0.214. The summed E-state index contributed by atoms with van der Waals surface area (Å²) in [6.45, 7) is 2.41. The smallest absolute Gasteiger partial charge is 0.321 e. The van der Waals surface area contributed by atoms with Crippen LogP contribution in [0.15, 0.2) is 24.3 Å². The molecule has 0 aliphatic carbocycles. The Morgan fingerprint density at radius 3 is 2.62 bits per heavy atom. The van der Waals surface area contributed by atoms with Crippen LogP contribution in [0.4, 0.5) is 10.5 Å². The number of aliphatic carboxylic acids is 1. The second-order valence-electron chi connectivity index (χ2n) is 5.51. The van der Waals surface area contributed by atoms with Crippen molar-refractivity contribution >= 4 is 17.7 Å². The van der Waals surface area contributed by atoms with Gasteiger partial charge in [0.1, 0.15) is 0 Å². The molecule has 21 heavy (non-hydrogen) atoms. The molecule has 1 aliphatic heterocycles. The maximum Gasteiger partial charge on any atom is 0.321 e. The van der Waals surface area contributed by atoms with Gasteiger partial charge in [-0.15, -0.1) is 0 Å². The summed E-state index contributed by atoms with van der Waals surface area (Å²) >= 11 is 0. The number of hydrogen-bond donors (Lipinski definition) is 2. The quantitative estimate of drug-likeness (QED) is 0.872. The van der Waals surface area contributed by atoms with Crippen molar-refractivity contribution in [3.63, 3.8) is 0 Å². The van der Waals surface area contributed by atoms with Gasteiger partial charge >= 0.3 is 12.0 Å². The van der Waals surface area contributed by atoms with E-state index < -0.39 is 11.4 Å². The lowest BCUT2D eigenvalue weighted by Gasteiger charge is -2.37. The summed E-state index contributed by atoms with van der Waals surface area (Å²) in [5, 5.41) is 20.7. The first-order chi connectivity index (χ1) is 9.94. The van der Waals surface area contributed by atoms with Crippen molar-refractivity contribution in [1.29, 1.82) is 5.26 Å². The lowest BCUT2D eigenvalue weighted by atomic mass is 9.82. The van der Waals surface area contributed by atoms with E-state index in [1.807, 2.05) is 6.07 Å². The van der Waals surface area contributed by atoms with Crippen molar-refractivity contribution in [1.82, 2.24) is 4.90 Å². The normalized spacial score (nSPS) is 21.4. The van der Waals surface area contributed by atoms with Gasteiger partial charge in [-0.2, -0.15) is 5.26 Å². The highest BCUT2D eigenvalue weighted by Gasteiger charge is 2.39. The van der Waals surface area contributed by atoms with Crippen molar-refractivity contribution in [2.24, 2.45) is 5.41 Å². The van der Waals surface area contributed by atoms with Gasteiger partial charge in [-0.25, -0.2) is 4.79 Å². The highest BCUT2D eigenvalue weighted by atomic mass is 16.4. The summed E-state index contributed by atoms with van der Waals surface area (Å²) in [7, 11) is 0. The van der Waals surface area contributed by atoms with Gasteiger partial charge in [-0.3, -0.25) is 4.79 Å². The number of anilines is 1. The molecule has 1 aromatic carbocycles. The van der Waals surface area contributed by atoms with E-state index in [9.17, 15) is 14.7 Å². The van der Waals surface area contributed by atoms with E-state index in [2.05, 4.69) is 5.32 Å². The van der Waals surface area contributed by atoms with Crippen LogP contribution in [-0.4, -0.2) is 35.1 Å². The number of nitrogens with zero attached hydrogens (tertiary/aromatic N) is 2. The fourth-order valence-electron chi connectivity index (χ4n) is 2.42. The number of carbonyl (C=O) groups excluding carboxylic acids is 1. The molecule has 1 aromatic rings. The maximum atomic E-state index is 12.2. The Labute approximate surface area is 123 Å². The first-order valence-corrected chi connectivity index (χ1v) is 6.74. The Morgan fingerprint density at radius 1 is 1.38 bits per heavy atom. The van der Waals surface area contributed by atoms with Gasteiger partial charge in [0, 0.05) is 18.8 Å². The van der Waals surface area contributed by atoms with Crippen LogP contribution in [0, 0.1) is 16.7 Å². The topological polar surface area (TPSA) is 93.4 Å². The van der Waals surface area contributed by atoms with E-state index in [1.165, 1.54) is 4.90 Å². The third kappa shape index (κ3) is 3.31. The van der Waals surface area contributed by atoms with Gasteiger partial charge < -0.3 is 15.3 Å². The van der Waals surface area contributed by atoms with Crippen LogP contribution in [-0.2, 0) is 4.79 Å². The molecule has 2 rings (SSSR count). The number of piperidine rings is 1. The number of nitrogens with one attached hydrogen (secondary N) is 1. The van der Waals surface area contributed by atoms with Gasteiger partial charge in [0.15, 0.2) is 0 Å². The summed E-state index contributed by atoms with van der Waals surface area (Å²) in [5.74, 6) is -0.877. The molecule has 0 saturated carbocycles. The number of carboxylic acid groups (broad SMARTS) is 1. The van der Waals surface area contributed by atoms with Crippen LogP contribution in [0.25, 0.3) is 0 Å². The molecule has 0 radical (unpaired) electrons. The Kier molecular flexibility index (Phi) is 4.13. The van der Waals surface area contributed by atoms with E-state index in [4.69, 9.17) is 5.26 Å². The van der Waals surface area contributed by atoms with Crippen LogP contribution in [0.1, 0.15) is 25.3 Å². The second-order valence-corrected chi connectivity index (χ2v) is 5.51. The third-order valence-corrected chi connectivity index (χ3v) is 3.77. The van der Waals surface area contributed by atoms with Crippen molar-refractivity contribution in [3.8, 4) is 6.07 Å². The van der Waals surface area contributed by atoms with Crippen molar-refractivity contribution in [2.45, 2.75) is 19.8 Å².